The Morgan fingerprint density at radius 2 is 1.81 bits per heavy atom. The highest BCUT2D eigenvalue weighted by atomic mass is 32.2. The van der Waals surface area contributed by atoms with E-state index in [0.717, 1.165) is 42.4 Å². The summed E-state index contributed by atoms with van der Waals surface area (Å²) < 4.78 is 41.4. The molecule has 0 atom stereocenters. The molecule has 3 aromatic rings. The number of thioether (sulfide) groups is 1. The van der Waals surface area contributed by atoms with Crippen LogP contribution in [0.4, 0.5) is 13.2 Å². The molecule has 0 unspecified atom stereocenters. The Hall–Kier alpha value is -2.62. The summed E-state index contributed by atoms with van der Waals surface area (Å²) in [7, 11) is 2.94. The molecule has 0 spiro atoms. The number of hydrogen-bond acceptors (Lipinski definition) is 5. The van der Waals surface area contributed by atoms with Gasteiger partial charge in [-0.15, -0.1) is 11.8 Å². The first-order valence-electron chi connectivity index (χ1n) is 9.93. The first-order valence-corrected chi connectivity index (χ1v) is 10.9. The molecular formula is C21H21F3N4O2S. The summed E-state index contributed by atoms with van der Waals surface area (Å²) in [6.45, 7) is 0. The summed E-state index contributed by atoms with van der Waals surface area (Å²) in [4.78, 5) is 34.5. The number of halogens is 3. The molecule has 2 heterocycles. The van der Waals surface area contributed by atoms with Gasteiger partial charge in [0.2, 0.25) is 0 Å². The lowest BCUT2D eigenvalue weighted by Gasteiger charge is -2.14. The lowest BCUT2D eigenvalue weighted by molar-refractivity contribution is -0.137. The third-order valence-corrected chi connectivity index (χ3v) is 6.68. The van der Waals surface area contributed by atoms with Crippen LogP contribution in [0.5, 0.6) is 0 Å². The van der Waals surface area contributed by atoms with Crippen molar-refractivity contribution in [3.05, 3.63) is 62.1 Å². The fraction of sp³-hybridized carbons (Fsp3) is 0.429. The molecule has 164 valence electrons. The van der Waals surface area contributed by atoms with E-state index < -0.39 is 23.0 Å². The Labute approximate surface area is 180 Å². The fourth-order valence-corrected chi connectivity index (χ4v) is 4.87. The number of aromatic nitrogens is 4. The molecule has 0 bridgehead atoms. The molecule has 1 saturated carbocycles. The van der Waals surface area contributed by atoms with Gasteiger partial charge in [0, 0.05) is 25.8 Å². The van der Waals surface area contributed by atoms with Gasteiger partial charge in [0.05, 0.1) is 5.56 Å². The molecule has 2 aromatic heterocycles. The highest BCUT2D eigenvalue weighted by Crippen LogP contribution is 2.35. The van der Waals surface area contributed by atoms with Gasteiger partial charge >= 0.3 is 11.9 Å². The maximum Gasteiger partial charge on any atom is 0.416 e. The second-order valence-corrected chi connectivity index (χ2v) is 8.72. The minimum atomic E-state index is -4.42. The number of hydrogen-bond donors (Lipinski definition) is 0. The zero-order valence-electron chi connectivity index (χ0n) is 17.1. The molecule has 31 heavy (non-hydrogen) atoms. The van der Waals surface area contributed by atoms with Crippen LogP contribution in [-0.4, -0.2) is 19.1 Å². The summed E-state index contributed by atoms with van der Waals surface area (Å²) in [5.41, 5.74) is -0.986. The van der Waals surface area contributed by atoms with Crippen LogP contribution in [0.3, 0.4) is 0 Å². The van der Waals surface area contributed by atoms with Crippen LogP contribution in [0.25, 0.3) is 11.0 Å². The molecule has 1 aliphatic carbocycles. The summed E-state index contributed by atoms with van der Waals surface area (Å²) >= 11 is 1.19. The second kappa shape index (κ2) is 8.14. The molecule has 1 aromatic carbocycles. The minimum absolute atomic E-state index is 0.150. The summed E-state index contributed by atoms with van der Waals surface area (Å²) in [6.07, 6.45) is -0.432. The van der Waals surface area contributed by atoms with Gasteiger partial charge in [-0.1, -0.05) is 31.0 Å². The number of alkyl halides is 3. The van der Waals surface area contributed by atoms with E-state index in [4.69, 9.17) is 0 Å². The normalized spacial score (nSPS) is 15.1. The Kier molecular flexibility index (Phi) is 5.67. The number of aryl methyl sites for hydroxylation is 1. The zero-order chi connectivity index (χ0) is 22.3. The molecule has 0 amide bonds. The van der Waals surface area contributed by atoms with Gasteiger partial charge < -0.3 is 0 Å². The minimum Gasteiger partial charge on any atom is -0.280 e. The van der Waals surface area contributed by atoms with E-state index in [-0.39, 0.29) is 22.7 Å². The first kappa shape index (κ1) is 21.6. The van der Waals surface area contributed by atoms with Crippen molar-refractivity contribution < 1.29 is 13.2 Å². The maximum absolute atomic E-state index is 13.0. The van der Waals surface area contributed by atoms with Crippen molar-refractivity contribution in [1.29, 1.82) is 0 Å². The molecule has 10 heteroatoms. The summed E-state index contributed by atoms with van der Waals surface area (Å²) in [5, 5.41) is 0.601. The van der Waals surface area contributed by atoms with Crippen molar-refractivity contribution in [3.63, 3.8) is 0 Å². The second-order valence-electron chi connectivity index (χ2n) is 7.76. The molecule has 1 aliphatic rings. The molecule has 4 rings (SSSR count). The van der Waals surface area contributed by atoms with E-state index in [0.29, 0.717) is 16.4 Å². The van der Waals surface area contributed by atoms with Gasteiger partial charge in [-0.3, -0.25) is 13.9 Å². The van der Waals surface area contributed by atoms with E-state index in [2.05, 4.69) is 9.97 Å². The fourth-order valence-electron chi connectivity index (χ4n) is 3.91. The van der Waals surface area contributed by atoms with E-state index in [9.17, 15) is 22.8 Å². The lowest BCUT2D eigenvalue weighted by atomic mass is 10.1. The predicted octanol–water partition coefficient (Wildman–Crippen LogP) is 4.00. The average Bonchev–Trinajstić information content (AvgIpc) is 3.28. The molecule has 1 fully saturated rings. The molecule has 6 nitrogen and oxygen atoms in total. The van der Waals surface area contributed by atoms with E-state index in [1.807, 2.05) is 0 Å². The van der Waals surface area contributed by atoms with Crippen LogP contribution in [0.1, 0.15) is 48.6 Å². The predicted molar refractivity (Wildman–Crippen MR) is 112 cm³/mol. The van der Waals surface area contributed by atoms with Crippen molar-refractivity contribution in [2.75, 3.05) is 0 Å². The van der Waals surface area contributed by atoms with Crippen molar-refractivity contribution in [2.45, 2.75) is 48.6 Å². The Bertz CT molecular complexity index is 1260. The zero-order valence-corrected chi connectivity index (χ0v) is 17.9. The number of benzene rings is 1. The maximum atomic E-state index is 13.0. The molecule has 0 saturated heterocycles. The van der Waals surface area contributed by atoms with Gasteiger partial charge in [0.15, 0.2) is 5.65 Å². The van der Waals surface area contributed by atoms with E-state index in [1.54, 1.807) is 13.1 Å². The van der Waals surface area contributed by atoms with Crippen molar-refractivity contribution in [3.8, 4) is 0 Å². The summed E-state index contributed by atoms with van der Waals surface area (Å²) in [6, 6.07) is 5.10. The molecule has 0 aliphatic heterocycles. The van der Waals surface area contributed by atoms with E-state index >= 15 is 0 Å². The monoisotopic (exact) mass is 450 g/mol. The van der Waals surface area contributed by atoms with Crippen molar-refractivity contribution >= 4 is 22.8 Å². The van der Waals surface area contributed by atoms with E-state index in [1.165, 1.54) is 29.4 Å². The van der Waals surface area contributed by atoms with Crippen LogP contribution in [0.15, 0.2) is 38.9 Å². The smallest absolute Gasteiger partial charge is 0.280 e. The van der Waals surface area contributed by atoms with Gasteiger partial charge in [-0.05, 0) is 24.5 Å². The standard InChI is InChI=1S/C21H21F3N4O2S/c1-27-17-15(19(29)28(2)20(27)30)18(26-16(25-17)13-7-3-4-8-13)31-11-12-6-5-9-14(10-12)21(22,23)24/h5-6,9-10,13H,3-4,7-8,11H2,1-2H3. The quantitative estimate of drug-likeness (QED) is 0.444. The van der Waals surface area contributed by atoms with Crippen LogP contribution in [0.2, 0.25) is 0 Å². The third-order valence-electron chi connectivity index (χ3n) is 5.63. The van der Waals surface area contributed by atoms with Crippen LogP contribution in [0, 0.1) is 0 Å². The molecule has 0 N–H and O–H groups in total. The van der Waals surface area contributed by atoms with Gasteiger partial charge in [-0.25, -0.2) is 14.8 Å². The average molecular weight is 450 g/mol. The van der Waals surface area contributed by atoms with Crippen LogP contribution >= 0.6 is 11.8 Å². The van der Waals surface area contributed by atoms with Crippen molar-refractivity contribution in [2.24, 2.45) is 14.1 Å². The summed E-state index contributed by atoms with van der Waals surface area (Å²) in [5.74, 6) is 0.933. The van der Waals surface area contributed by atoms with Crippen LogP contribution < -0.4 is 11.2 Å². The Morgan fingerprint density at radius 1 is 1.10 bits per heavy atom. The number of nitrogens with zero attached hydrogens (tertiary/aromatic N) is 4. The first-order chi connectivity index (χ1) is 14.7. The Morgan fingerprint density at radius 3 is 2.48 bits per heavy atom. The van der Waals surface area contributed by atoms with Gasteiger partial charge in [0.25, 0.3) is 5.56 Å². The third kappa shape index (κ3) is 4.13. The van der Waals surface area contributed by atoms with Gasteiger partial charge in [0.1, 0.15) is 16.2 Å². The molecule has 0 radical (unpaired) electrons. The van der Waals surface area contributed by atoms with Gasteiger partial charge in [-0.2, -0.15) is 13.2 Å². The highest BCUT2D eigenvalue weighted by molar-refractivity contribution is 7.98. The Balaban J connectivity index is 1.80. The topological polar surface area (TPSA) is 69.8 Å². The number of fused-ring (bicyclic) bond motifs is 1. The SMILES string of the molecule is Cn1c(=O)c2c(SCc3cccc(C(F)(F)F)c3)nc(C3CCCC3)nc2n(C)c1=O. The largest absolute Gasteiger partial charge is 0.416 e. The lowest BCUT2D eigenvalue weighted by Crippen LogP contribution is -2.38. The van der Waals surface area contributed by atoms with Crippen LogP contribution in [-0.2, 0) is 26.0 Å². The molecular weight excluding hydrogens is 429 g/mol. The number of rotatable bonds is 4. The highest BCUT2D eigenvalue weighted by Gasteiger charge is 2.30. The van der Waals surface area contributed by atoms with Crippen molar-refractivity contribution in [1.82, 2.24) is 19.1 Å².